The van der Waals surface area contributed by atoms with Gasteiger partial charge in [-0.05, 0) is 30.7 Å². The number of alkyl halides is 2. The third-order valence-electron chi connectivity index (χ3n) is 3.72. The third kappa shape index (κ3) is 4.91. The summed E-state index contributed by atoms with van der Waals surface area (Å²) in [5, 5.41) is 13.4. The van der Waals surface area contributed by atoms with E-state index < -0.39 is 12.7 Å². The Morgan fingerprint density at radius 3 is 2.38 bits per heavy atom. The lowest BCUT2D eigenvalue weighted by molar-refractivity contribution is -0.0507. The minimum Gasteiger partial charge on any atom is -0.497 e. The predicted molar refractivity (Wildman–Crippen MR) is 87.4 cm³/mol. The second-order valence-electron chi connectivity index (χ2n) is 5.34. The average Bonchev–Trinajstić information content (AvgIpc) is 2.59. The number of methoxy groups -OCH3 is 1. The Kier molecular flexibility index (Phi) is 6.52. The van der Waals surface area contributed by atoms with Crippen LogP contribution in [0.15, 0.2) is 48.5 Å². The number of nitrogens with one attached hydrogen (secondary N) is 1. The molecule has 0 fully saturated rings. The fourth-order valence-electron chi connectivity index (χ4n) is 2.38. The first-order valence-electron chi connectivity index (χ1n) is 7.60. The molecule has 2 rings (SSSR count). The molecule has 24 heavy (non-hydrogen) atoms. The monoisotopic (exact) mass is 337 g/mol. The zero-order chi connectivity index (χ0) is 17.5. The minimum absolute atomic E-state index is 0.131. The van der Waals surface area contributed by atoms with Crippen molar-refractivity contribution in [3.05, 3.63) is 59.7 Å². The summed E-state index contributed by atoms with van der Waals surface area (Å²) >= 11 is 0. The molecule has 0 heterocycles. The molecule has 0 aromatic heterocycles. The van der Waals surface area contributed by atoms with Crippen LogP contribution < -0.4 is 14.8 Å². The Hall–Kier alpha value is -2.18. The first-order chi connectivity index (χ1) is 11.5. The standard InChI is InChI=1S/C18H21F2NO3/c1-12(15-5-3-4-6-17(15)24-18(19)20)21-11-16(22)13-7-9-14(23-2)10-8-13/h3-10,12,16,18,21-22H,11H2,1-2H3. The lowest BCUT2D eigenvalue weighted by Crippen LogP contribution is -2.25. The highest BCUT2D eigenvalue weighted by molar-refractivity contribution is 5.35. The summed E-state index contributed by atoms with van der Waals surface area (Å²) in [6.45, 7) is -0.770. The summed E-state index contributed by atoms with van der Waals surface area (Å²) in [5.74, 6) is 0.844. The van der Waals surface area contributed by atoms with Gasteiger partial charge >= 0.3 is 6.61 Å². The van der Waals surface area contributed by atoms with E-state index in [0.29, 0.717) is 11.3 Å². The van der Waals surface area contributed by atoms with E-state index in [-0.39, 0.29) is 18.3 Å². The highest BCUT2D eigenvalue weighted by atomic mass is 19.3. The summed E-state index contributed by atoms with van der Waals surface area (Å²) in [7, 11) is 1.58. The molecule has 0 spiro atoms. The third-order valence-corrected chi connectivity index (χ3v) is 3.72. The van der Waals surface area contributed by atoms with Crippen LogP contribution >= 0.6 is 0 Å². The van der Waals surface area contributed by atoms with Gasteiger partial charge in [0.2, 0.25) is 0 Å². The lowest BCUT2D eigenvalue weighted by Gasteiger charge is -2.20. The van der Waals surface area contributed by atoms with Gasteiger partial charge in [0.05, 0.1) is 13.2 Å². The van der Waals surface area contributed by atoms with Crippen LogP contribution in [0.3, 0.4) is 0 Å². The largest absolute Gasteiger partial charge is 0.497 e. The van der Waals surface area contributed by atoms with E-state index in [4.69, 9.17) is 4.74 Å². The van der Waals surface area contributed by atoms with E-state index in [1.54, 1.807) is 49.6 Å². The first kappa shape index (κ1) is 18.2. The van der Waals surface area contributed by atoms with E-state index in [1.807, 2.05) is 6.92 Å². The van der Waals surface area contributed by atoms with E-state index in [9.17, 15) is 13.9 Å². The Morgan fingerprint density at radius 1 is 1.08 bits per heavy atom. The lowest BCUT2D eigenvalue weighted by atomic mass is 10.1. The Labute approximate surface area is 140 Å². The quantitative estimate of drug-likeness (QED) is 0.771. The van der Waals surface area contributed by atoms with Crippen LogP contribution in [0.5, 0.6) is 11.5 Å². The fourth-order valence-corrected chi connectivity index (χ4v) is 2.38. The van der Waals surface area contributed by atoms with Gasteiger partial charge in [0, 0.05) is 18.2 Å². The number of ether oxygens (including phenoxy) is 2. The van der Waals surface area contributed by atoms with Crippen molar-refractivity contribution in [1.82, 2.24) is 5.32 Å². The van der Waals surface area contributed by atoms with Gasteiger partial charge in [0.25, 0.3) is 0 Å². The number of aliphatic hydroxyl groups is 1. The molecule has 2 aromatic rings. The molecule has 2 atom stereocenters. The van der Waals surface area contributed by atoms with Crippen molar-refractivity contribution in [3.8, 4) is 11.5 Å². The molecular formula is C18H21F2NO3. The maximum absolute atomic E-state index is 12.5. The van der Waals surface area contributed by atoms with Gasteiger partial charge < -0.3 is 19.9 Å². The van der Waals surface area contributed by atoms with Crippen molar-refractivity contribution < 1.29 is 23.4 Å². The summed E-state index contributed by atoms with van der Waals surface area (Å²) < 4.78 is 34.5. The second kappa shape index (κ2) is 8.61. The van der Waals surface area contributed by atoms with E-state index in [2.05, 4.69) is 10.1 Å². The normalized spacial score (nSPS) is 13.6. The fraction of sp³-hybridized carbons (Fsp3) is 0.333. The molecule has 4 nitrogen and oxygen atoms in total. The molecule has 2 aromatic carbocycles. The maximum atomic E-state index is 12.5. The highest BCUT2D eigenvalue weighted by Gasteiger charge is 2.16. The smallest absolute Gasteiger partial charge is 0.387 e. The second-order valence-corrected chi connectivity index (χ2v) is 5.34. The van der Waals surface area contributed by atoms with Crippen molar-refractivity contribution >= 4 is 0 Å². The Balaban J connectivity index is 1.98. The van der Waals surface area contributed by atoms with E-state index in [0.717, 1.165) is 5.56 Å². The molecule has 0 aliphatic heterocycles. The topological polar surface area (TPSA) is 50.7 Å². The molecule has 0 amide bonds. The molecule has 0 aliphatic rings. The molecule has 0 saturated carbocycles. The van der Waals surface area contributed by atoms with Gasteiger partial charge in [0.1, 0.15) is 11.5 Å². The van der Waals surface area contributed by atoms with Crippen LogP contribution in [-0.4, -0.2) is 25.4 Å². The maximum Gasteiger partial charge on any atom is 0.387 e. The van der Waals surface area contributed by atoms with Crippen molar-refractivity contribution in [1.29, 1.82) is 0 Å². The van der Waals surface area contributed by atoms with Crippen LogP contribution in [0.1, 0.15) is 30.2 Å². The number of hydrogen-bond acceptors (Lipinski definition) is 4. The number of hydrogen-bond donors (Lipinski definition) is 2. The van der Waals surface area contributed by atoms with E-state index >= 15 is 0 Å². The average molecular weight is 337 g/mol. The van der Waals surface area contributed by atoms with Crippen LogP contribution in [0.2, 0.25) is 0 Å². The van der Waals surface area contributed by atoms with Crippen molar-refractivity contribution in [3.63, 3.8) is 0 Å². The first-order valence-corrected chi connectivity index (χ1v) is 7.60. The van der Waals surface area contributed by atoms with Crippen LogP contribution in [0.25, 0.3) is 0 Å². The molecule has 0 radical (unpaired) electrons. The number of benzene rings is 2. The SMILES string of the molecule is COc1ccc(C(O)CNC(C)c2ccccc2OC(F)F)cc1. The van der Waals surface area contributed by atoms with Gasteiger partial charge in [0.15, 0.2) is 0 Å². The molecule has 2 N–H and O–H groups in total. The Morgan fingerprint density at radius 2 is 1.75 bits per heavy atom. The molecule has 0 aliphatic carbocycles. The highest BCUT2D eigenvalue weighted by Crippen LogP contribution is 2.27. The van der Waals surface area contributed by atoms with Gasteiger partial charge in [-0.25, -0.2) is 0 Å². The number of para-hydroxylation sites is 1. The van der Waals surface area contributed by atoms with Crippen molar-refractivity contribution in [2.45, 2.75) is 25.7 Å². The minimum atomic E-state index is -2.87. The summed E-state index contributed by atoms with van der Waals surface area (Å²) in [5.41, 5.74) is 1.35. The molecule has 6 heteroatoms. The predicted octanol–water partition coefficient (Wildman–Crippen LogP) is 3.68. The van der Waals surface area contributed by atoms with Gasteiger partial charge in [-0.15, -0.1) is 0 Å². The zero-order valence-electron chi connectivity index (χ0n) is 13.6. The molecule has 0 saturated heterocycles. The molecular weight excluding hydrogens is 316 g/mol. The molecule has 130 valence electrons. The van der Waals surface area contributed by atoms with Crippen molar-refractivity contribution in [2.75, 3.05) is 13.7 Å². The Bertz CT molecular complexity index is 634. The summed E-state index contributed by atoms with van der Waals surface area (Å²) in [6, 6.07) is 13.5. The van der Waals surface area contributed by atoms with Crippen molar-refractivity contribution in [2.24, 2.45) is 0 Å². The van der Waals surface area contributed by atoms with Gasteiger partial charge in [-0.3, -0.25) is 0 Å². The van der Waals surface area contributed by atoms with Crippen LogP contribution in [-0.2, 0) is 0 Å². The van der Waals surface area contributed by atoms with Crippen LogP contribution in [0.4, 0.5) is 8.78 Å². The zero-order valence-corrected chi connectivity index (χ0v) is 13.6. The number of halogens is 2. The number of rotatable bonds is 8. The summed E-state index contributed by atoms with van der Waals surface area (Å²) in [6.07, 6.45) is -0.721. The van der Waals surface area contributed by atoms with E-state index in [1.165, 1.54) is 6.07 Å². The molecule has 2 unspecified atom stereocenters. The van der Waals surface area contributed by atoms with Gasteiger partial charge in [-0.2, -0.15) is 8.78 Å². The summed E-state index contributed by atoms with van der Waals surface area (Å²) in [4.78, 5) is 0. The number of aliphatic hydroxyl groups excluding tert-OH is 1. The van der Waals surface area contributed by atoms with Gasteiger partial charge in [-0.1, -0.05) is 30.3 Å². The molecule has 0 bridgehead atoms. The van der Waals surface area contributed by atoms with Crippen LogP contribution in [0, 0.1) is 0 Å².